The third-order valence-corrected chi connectivity index (χ3v) is 4.26. The van der Waals surface area contributed by atoms with Crippen LogP contribution in [0.15, 0.2) is 72.8 Å². The van der Waals surface area contributed by atoms with Gasteiger partial charge in [-0.1, -0.05) is 12.1 Å². The predicted molar refractivity (Wildman–Crippen MR) is 109 cm³/mol. The van der Waals surface area contributed by atoms with Gasteiger partial charge in [0.25, 0.3) is 5.91 Å². The van der Waals surface area contributed by atoms with Crippen LogP contribution in [0.5, 0.6) is 11.5 Å². The molecule has 0 atom stereocenters. The number of aromatic nitrogens is 2. The zero-order valence-electron chi connectivity index (χ0n) is 15.3. The van der Waals surface area contributed by atoms with E-state index in [1.54, 1.807) is 31.4 Å². The van der Waals surface area contributed by atoms with Crippen molar-refractivity contribution in [2.45, 2.75) is 0 Å². The number of para-hydroxylation sites is 2. The molecule has 140 valence electrons. The molecule has 1 aromatic heterocycles. The number of rotatable bonds is 6. The molecule has 1 amide bonds. The highest BCUT2D eigenvalue weighted by Gasteiger charge is 2.07. The van der Waals surface area contributed by atoms with E-state index in [0.717, 1.165) is 28.2 Å². The van der Waals surface area contributed by atoms with Crippen LogP contribution in [0, 0.1) is 0 Å². The average Bonchev–Trinajstić information content (AvgIpc) is 3.17. The fourth-order valence-electron chi connectivity index (χ4n) is 2.82. The Morgan fingerprint density at radius 1 is 0.964 bits per heavy atom. The van der Waals surface area contributed by atoms with Crippen molar-refractivity contribution in [2.24, 2.45) is 0 Å². The van der Waals surface area contributed by atoms with Gasteiger partial charge in [0.2, 0.25) is 0 Å². The van der Waals surface area contributed by atoms with E-state index in [0.29, 0.717) is 11.4 Å². The Labute approximate surface area is 162 Å². The second-order valence-electron chi connectivity index (χ2n) is 6.19. The van der Waals surface area contributed by atoms with Gasteiger partial charge in [0.05, 0.1) is 18.1 Å². The van der Waals surface area contributed by atoms with Crippen molar-refractivity contribution in [3.63, 3.8) is 0 Å². The first kappa shape index (κ1) is 17.6. The van der Waals surface area contributed by atoms with Crippen molar-refractivity contribution in [2.75, 3.05) is 19.0 Å². The first-order chi connectivity index (χ1) is 13.7. The zero-order chi connectivity index (χ0) is 19.3. The number of H-pyrrole nitrogens is 1. The van der Waals surface area contributed by atoms with Crippen LogP contribution in [0.2, 0.25) is 0 Å². The molecule has 0 radical (unpaired) electrons. The molecule has 0 bridgehead atoms. The Kier molecular flexibility index (Phi) is 4.93. The number of imidazole rings is 1. The van der Waals surface area contributed by atoms with Gasteiger partial charge in [0, 0.05) is 11.3 Å². The normalized spacial score (nSPS) is 10.6. The van der Waals surface area contributed by atoms with E-state index in [1.807, 2.05) is 48.5 Å². The van der Waals surface area contributed by atoms with Crippen molar-refractivity contribution in [3.05, 3.63) is 72.8 Å². The van der Waals surface area contributed by atoms with Crippen molar-refractivity contribution in [3.8, 4) is 22.9 Å². The first-order valence-corrected chi connectivity index (χ1v) is 8.83. The van der Waals surface area contributed by atoms with Crippen LogP contribution in [-0.2, 0) is 4.79 Å². The molecular weight excluding hydrogens is 354 g/mol. The van der Waals surface area contributed by atoms with Crippen molar-refractivity contribution in [1.29, 1.82) is 0 Å². The number of hydrogen-bond donors (Lipinski definition) is 2. The summed E-state index contributed by atoms with van der Waals surface area (Å²) in [5.74, 6) is 1.91. The third kappa shape index (κ3) is 3.96. The third-order valence-electron chi connectivity index (χ3n) is 4.26. The van der Waals surface area contributed by atoms with E-state index in [2.05, 4.69) is 15.3 Å². The van der Waals surface area contributed by atoms with Crippen LogP contribution >= 0.6 is 0 Å². The smallest absolute Gasteiger partial charge is 0.262 e. The molecule has 0 aliphatic rings. The van der Waals surface area contributed by atoms with Gasteiger partial charge in [-0.05, 0) is 60.7 Å². The van der Waals surface area contributed by atoms with E-state index in [-0.39, 0.29) is 12.5 Å². The number of nitrogens with zero attached hydrogens (tertiary/aromatic N) is 1. The average molecular weight is 373 g/mol. The Hall–Kier alpha value is -3.80. The standard InChI is InChI=1S/C22H19N3O3/c1-27-17-10-12-18(13-11-17)28-14-21(26)23-16-8-6-15(7-9-16)22-24-19-4-2-3-5-20(19)25-22/h2-13H,14H2,1H3,(H,23,26)(H,24,25). The Morgan fingerprint density at radius 2 is 1.68 bits per heavy atom. The zero-order valence-corrected chi connectivity index (χ0v) is 15.3. The number of benzene rings is 3. The van der Waals surface area contributed by atoms with Gasteiger partial charge < -0.3 is 19.8 Å². The maximum atomic E-state index is 12.1. The summed E-state index contributed by atoms with van der Waals surface area (Å²) in [6, 6.07) is 22.5. The van der Waals surface area contributed by atoms with Gasteiger partial charge in [-0.2, -0.15) is 0 Å². The molecule has 1 heterocycles. The van der Waals surface area contributed by atoms with Gasteiger partial charge in [-0.15, -0.1) is 0 Å². The molecule has 6 heteroatoms. The predicted octanol–water partition coefficient (Wildman–Crippen LogP) is 4.26. The molecule has 0 unspecified atom stereocenters. The summed E-state index contributed by atoms with van der Waals surface area (Å²) in [6.45, 7) is -0.0718. The van der Waals surface area contributed by atoms with Crippen molar-refractivity contribution in [1.82, 2.24) is 9.97 Å². The number of ether oxygens (including phenoxy) is 2. The number of amides is 1. The molecule has 0 aliphatic carbocycles. The topological polar surface area (TPSA) is 76.2 Å². The molecule has 6 nitrogen and oxygen atoms in total. The molecule has 0 spiro atoms. The summed E-state index contributed by atoms with van der Waals surface area (Å²) < 4.78 is 10.6. The van der Waals surface area contributed by atoms with Crippen LogP contribution in [0.4, 0.5) is 5.69 Å². The van der Waals surface area contributed by atoms with Gasteiger partial charge in [0.15, 0.2) is 6.61 Å². The maximum absolute atomic E-state index is 12.1. The molecule has 4 aromatic rings. The maximum Gasteiger partial charge on any atom is 0.262 e. The minimum atomic E-state index is -0.229. The Bertz CT molecular complexity index is 1050. The van der Waals surface area contributed by atoms with Crippen LogP contribution in [0.25, 0.3) is 22.4 Å². The number of anilines is 1. The number of fused-ring (bicyclic) bond motifs is 1. The second-order valence-corrected chi connectivity index (χ2v) is 6.19. The molecular formula is C22H19N3O3. The number of carbonyl (C=O) groups excluding carboxylic acids is 1. The fourth-order valence-corrected chi connectivity index (χ4v) is 2.82. The monoisotopic (exact) mass is 373 g/mol. The molecule has 0 fully saturated rings. The molecule has 0 saturated carbocycles. The highest BCUT2D eigenvalue weighted by atomic mass is 16.5. The van der Waals surface area contributed by atoms with E-state index in [4.69, 9.17) is 9.47 Å². The molecule has 2 N–H and O–H groups in total. The SMILES string of the molecule is COc1ccc(OCC(=O)Nc2ccc(-c3nc4ccccc4[nH]3)cc2)cc1. The molecule has 0 saturated heterocycles. The summed E-state index contributed by atoms with van der Waals surface area (Å²) >= 11 is 0. The van der Waals surface area contributed by atoms with Crippen LogP contribution in [-0.4, -0.2) is 29.6 Å². The summed E-state index contributed by atoms with van der Waals surface area (Å²) in [4.78, 5) is 20.0. The lowest BCUT2D eigenvalue weighted by molar-refractivity contribution is -0.118. The lowest BCUT2D eigenvalue weighted by atomic mass is 10.2. The summed E-state index contributed by atoms with van der Waals surface area (Å²) in [7, 11) is 1.60. The number of carbonyl (C=O) groups is 1. The molecule has 4 rings (SSSR count). The van der Waals surface area contributed by atoms with E-state index in [9.17, 15) is 4.79 Å². The highest BCUT2D eigenvalue weighted by molar-refractivity contribution is 5.92. The van der Waals surface area contributed by atoms with E-state index >= 15 is 0 Å². The summed E-state index contributed by atoms with van der Waals surface area (Å²) in [6.07, 6.45) is 0. The number of methoxy groups -OCH3 is 1. The number of aromatic amines is 1. The second kappa shape index (κ2) is 7.84. The van der Waals surface area contributed by atoms with E-state index < -0.39 is 0 Å². The van der Waals surface area contributed by atoms with Crippen LogP contribution in [0.1, 0.15) is 0 Å². The quantitative estimate of drug-likeness (QED) is 0.530. The van der Waals surface area contributed by atoms with Crippen molar-refractivity contribution >= 4 is 22.6 Å². The molecule has 0 aliphatic heterocycles. The molecule has 28 heavy (non-hydrogen) atoms. The highest BCUT2D eigenvalue weighted by Crippen LogP contribution is 2.22. The minimum Gasteiger partial charge on any atom is -0.497 e. The Balaban J connectivity index is 1.36. The summed E-state index contributed by atoms with van der Waals surface area (Å²) in [5.41, 5.74) is 3.56. The number of hydrogen-bond acceptors (Lipinski definition) is 4. The largest absolute Gasteiger partial charge is 0.497 e. The number of nitrogens with one attached hydrogen (secondary N) is 2. The minimum absolute atomic E-state index is 0.0718. The van der Waals surface area contributed by atoms with Gasteiger partial charge in [-0.3, -0.25) is 4.79 Å². The Morgan fingerprint density at radius 3 is 2.39 bits per heavy atom. The molecule has 3 aromatic carbocycles. The van der Waals surface area contributed by atoms with Gasteiger partial charge in [0.1, 0.15) is 17.3 Å². The van der Waals surface area contributed by atoms with Crippen LogP contribution < -0.4 is 14.8 Å². The summed E-state index contributed by atoms with van der Waals surface area (Å²) in [5, 5.41) is 2.82. The lowest BCUT2D eigenvalue weighted by Crippen LogP contribution is -2.20. The lowest BCUT2D eigenvalue weighted by Gasteiger charge is -2.08. The van der Waals surface area contributed by atoms with Gasteiger partial charge in [-0.25, -0.2) is 4.98 Å². The van der Waals surface area contributed by atoms with Crippen LogP contribution in [0.3, 0.4) is 0 Å². The first-order valence-electron chi connectivity index (χ1n) is 8.83. The van der Waals surface area contributed by atoms with Crippen molar-refractivity contribution < 1.29 is 14.3 Å². The fraction of sp³-hybridized carbons (Fsp3) is 0.0909. The van der Waals surface area contributed by atoms with Gasteiger partial charge >= 0.3 is 0 Å². The van der Waals surface area contributed by atoms with E-state index in [1.165, 1.54) is 0 Å².